The SMILES string of the molecule is O=S1(=O)CC[CH-]CC1. The van der Waals surface area contributed by atoms with Gasteiger partial charge in [0.15, 0.2) is 0 Å². The molecule has 0 bridgehead atoms. The molecule has 0 atom stereocenters. The highest BCUT2D eigenvalue weighted by Crippen LogP contribution is 2.08. The Morgan fingerprint density at radius 2 is 1.62 bits per heavy atom. The molecule has 0 aromatic carbocycles. The van der Waals surface area contributed by atoms with Gasteiger partial charge >= 0.3 is 0 Å². The van der Waals surface area contributed by atoms with Crippen LogP contribution in [0.25, 0.3) is 0 Å². The first-order chi connectivity index (χ1) is 3.71. The summed E-state index contributed by atoms with van der Waals surface area (Å²) < 4.78 is 21.3. The molecule has 48 valence electrons. The summed E-state index contributed by atoms with van der Waals surface area (Å²) in [6, 6.07) is 0. The predicted octanol–water partition coefficient (Wildman–Crippen LogP) is 0.399. The molecule has 0 saturated carbocycles. The molecular weight excluding hydrogens is 124 g/mol. The van der Waals surface area contributed by atoms with E-state index in [1.54, 1.807) is 0 Å². The van der Waals surface area contributed by atoms with Crippen molar-refractivity contribution in [1.29, 1.82) is 0 Å². The summed E-state index contributed by atoms with van der Waals surface area (Å²) in [7, 11) is -2.61. The number of rotatable bonds is 0. The van der Waals surface area contributed by atoms with Gasteiger partial charge in [-0.25, -0.2) is 8.42 Å². The molecule has 2 nitrogen and oxygen atoms in total. The van der Waals surface area contributed by atoms with Crippen molar-refractivity contribution in [2.45, 2.75) is 12.8 Å². The highest BCUT2D eigenvalue weighted by Gasteiger charge is 2.08. The van der Waals surface area contributed by atoms with Crippen LogP contribution in [-0.2, 0) is 9.84 Å². The van der Waals surface area contributed by atoms with E-state index in [0.29, 0.717) is 11.5 Å². The summed E-state index contributed by atoms with van der Waals surface area (Å²) in [6.07, 6.45) is 3.53. The quantitative estimate of drug-likeness (QED) is 0.448. The van der Waals surface area contributed by atoms with Gasteiger partial charge in [0.25, 0.3) is 0 Å². The molecule has 0 amide bonds. The third kappa shape index (κ3) is 1.47. The number of hydrogen-bond donors (Lipinski definition) is 0. The Bertz CT molecular complexity index is 145. The van der Waals surface area contributed by atoms with E-state index in [-0.39, 0.29) is 0 Å². The van der Waals surface area contributed by atoms with Gasteiger partial charge in [0.2, 0.25) is 0 Å². The smallest absolute Gasteiger partial charge is 0.145 e. The fraction of sp³-hybridized carbons (Fsp3) is 0.800. The largest absolute Gasteiger partial charge is 0.327 e. The van der Waals surface area contributed by atoms with Gasteiger partial charge in [0, 0.05) is 11.5 Å². The zero-order valence-electron chi connectivity index (χ0n) is 4.63. The van der Waals surface area contributed by atoms with E-state index in [2.05, 4.69) is 0 Å². The number of hydrogen-bond acceptors (Lipinski definition) is 2. The zero-order valence-corrected chi connectivity index (χ0v) is 5.45. The van der Waals surface area contributed by atoms with Crippen LogP contribution >= 0.6 is 0 Å². The predicted molar refractivity (Wildman–Crippen MR) is 32.2 cm³/mol. The minimum Gasteiger partial charge on any atom is -0.327 e. The lowest BCUT2D eigenvalue weighted by atomic mass is 10.3. The van der Waals surface area contributed by atoms with Crippen LogP contribution in [0.5, 0.6) is 0 Å². The molecule has 1 heterocycles. The first kappa shape index (κ1) is 6.08. The highest BCUT2D eigenvalue weighted by molar-refractivity contribution is 7.91. The van der Waals surface area contributed by atoms with E-state index in [9.17, 15) is 8.42 Å². The van der Waals surface area contributed by atoms with Gasteiger partial charge in [-0.1, -0.05) is 0 Å². The van der Waals surface area contributed by atoms with Crippen LogP contribution < -0.4 is 0 Å². The Labute approximate surface area is 49.8 Å². The lowest BCUT2D eigenvalue weighted by molar-refractivity contribution is 0.588. The third-order valence-electron chi connectivity index (χ3n) is 1.27. The van der Waals surface area contributed by atoms with Crippen LogP contribution in [-0.4, -0.2) is 19.9 Å². The second-order valence-electron chi connectivity index (χ2n) is 2.02. The molecule has 0 radical (unpaired) electrons. The molecule has 1 saturated heterocycles. The highest BCUT2D eigenvalue weighted by atomic mass is 32.2. The lowest BCUT2D eigenvalue weighted by Gasteiger charge is -2.17. The minimum absolute atomic E-state index is 0.368. The Kier molecular flexibility index (Phi) is 1.56. The normalized spacial score (nSPS) is 27.5. The topological polar surface area (TPSA) is 34.1 Å². The summed E-state index contributed by atoms with van der Waals surface area (Å²) in [5.74, 6) is 0.736. The second-order valence-corrected chi connectivity index (χ2v) is 4.32. The molecule has 0 aromatic rings. The van der Waals surface area contributed by atoms with Crippen molar-refractivity contribution in [3.8, 4) is 0 Å². The van der Waals surface area contributed by atoms with Crippen molar-refractivity contribution < 1.29 is 8.42 Å². The van der Waals surface area contributed by atoms with Crippen LogP contribution in [0, 0.1) is 6.42 Å². The first-order valence-electron chi connectivity index (χ1n) is 2.73. The van der Waals surface area contributed by atoms with Gasteiger partial charge < -0.3 is 6.42 Å². The van der Waals surface area contributed by atoms with E-state index in [4.69, 9.17) is 0 Å². The molecule has 1 fully saturated rings. The maximum Gasteiger partial charge on any atom is 0.145 e. The van der Waals surface area contributed by atoms with Crippen LogP contribution in [0.3, 0.4) is 0 Å². The standard InChI is InChI=1S/C5H9O2S/c6-8(7)4-2-1-3-5-8/h1H,2-5H2/q-1. The van der Waals surface area contributed by atoms with Crippen molar-refractivity contribution in [2.24, 2.45) is 0 Å². The van der Waals surface area contributed by atoms with Crippen molar-refractivity contribution in [1.82, 2.24) is 0 Å². The maximum atomic E-state index is 10.6. The van der Waals surface area contributed by atoms with E-state index in [1.807, 2.05) is 6.42 Å². The van der Waals surface area contributed by atoms with Gasteiger partial charge in [-0.2, -0.15) is 12.8 Å². The van der Waals surface area contributed by atoms with Crippen molar-refractivity contribution >= 4 is 9.84 Å². The fourth-order valence-electron chi connectivity index (χ4n) is 0.772. The van der Waals surface area contributed by atoms with Crippen molar-refractivity contribution in [3.05, 3.63) is 6.42 Å². The summed E-state index contributed by atoms with van der Waals surface area (Å²) in [6.45, 7) is 0. The Morgan fingerprint density at radius 1 is 1.12 bits per heavy atom. The van der Waals surface area contributed by atoms with Crippen LogP contribution in [0.15, 0.2) is 0 Å². The average Bonchev–Trinajstić information content (AvgIpc) is 1.65. The number of sulfone groups is 1. The molecular formula is C5H9O2S-. The molecule has 0 aromatic heterocycles. The molecule has 0 unspecified atom stereocenters. The molecule has 1 rings (SSSR count). The zero-order chi connectivity index (χ0) is 6.04. The molecule has 0 N–H and O–H groups in total. The Hall–Kier alpha value is -0.0500. The summed E-state index contributed by atoms with van der Waals surface area (Å²) in [5.41, 5.74) is 0. The second kappa shape index (κ2) is 2.05. The van der Waals surface area contributed by atoms with E-state index < -0.39 is 9.84 Å². The van der Waals surface area contributed by atoms with Gasteiger partial charge in [-0.3, -0.25) is 0 Å². The van der Waals surface area contributed by atoms with Crippen LogP contribution in [0.4, 0.5) is 0 Å². The van der Waals surface area contributed by atoms with E-state index in [0.717, 1.165) is 12.8 Å². The molecule has 1 aliphatic heterocycles. The molecule has 8 heavy (non-hydrogen) atoms. The maximum absolute atomic E-state index is 10.6. The third-order valence-corrected chi connectivity index (χ3v) is 2.98. The summed E-state index contributed by atoms with van der Waals surface area (Å²) in [4.78, 5) is 0. The summed E-state index contributed by atoms with van der Waals surface area (Å²) in [5, 5.41) is 0. The fourth-order valence-corrected chi connectivity index (χ4v) is 2.03. The summed E-state index contributed by atoms with van der Waals surface area (Å²) >= 11 is 0. The van der Waals surface area contributed by atoms with Crippen molar-refractivity contribution in [3.63, 3.8) is 0 Å². The van der Waals surface area contributed by atoms with Gasteiger partial charge in [-0.05, 0) is 0 Å². The van der Waals surface area contributed by atoms with Crippen molar-refractivity contribution in [2.75, 3.05) is 11.5 Å². The molecule has 3 heteroatoms. The molecule has 0 aliphatic carbocycles. The molecule has 1 aliphatic rings. The Balaban J connectivity index is 2.58. The lowest BCUT2D eigenvalue weighted by Crippen LogP contribution is -2.16. The van der Waals surface area contributed by atoms with Crippen LogP contribution in [0.1, 0.15) is 12.8 Å². The van der Waals surface area contributed by atoms with Crippen LogP contribution in [0.2, 0.25) is 0 Å². The van der Waals surface area contributed by atoms with Gasteiger partial charge in [0.1, 0.15) is 9.84 Å². The Morgan fingerprint density at radius 3 is 1.88 bits per heavy atom. The van der Waals surface area contributed by atoms with Gasteiger partial charge in [0.05, 0.1) is 0 Å². The average molecular weight is 133 g/mol. The molecule has 0 spiro atoms. The van der Waals surface area contributed by atoms with E-state index in [1.165, 1.54) is 0 Å². The van der Waals surface area contributed by atoms with Gasteiger partial charge in [-0.15, -0.1) is 0 Å². The monoisotopic (exact) mass is 133 g/mol. The van der Waals surface area contributed by atoms with E-state index >= 15 is 0 Å². The first-order valence-corrected chi connectivity index (χ1v) is 4.55. The minimum atomic E-state index is -2.61.